The number of carbonyl (C=O) groups is 1. The molecule has 0 fully saturated rings. The van der Waals surface area contributed by atoms with E-state index in [-0.39, 0.29) is 18.1 Å². The first kappa shape index (κ1) is 17.4. The second-order valence-electron chi connectivity index (χ2n) is 4.49. The van der Waals surface area contributed by atoms with Gasteiger partial charge in [-0.1, -0.05) is 33.1 Å². The summed E-state index contributed by atoms with van der Waals surface area (Å²) in [6, 6.07) is 0. The maximum atomic E-state index is 11.5. The smallest absolute Gasteiger partial charge is 0.221 e. The minimum absolute atomic E-state index is 0.0212. The van der Waals surface area contributed by atoms with E-state index in [1.54, 1.807) is 0 Å². The number of nitrogens with one attached hydrogen (secondary N) is 2. The van der Waals surface area contributed by atoms with Crippen LogP contribution in [0.4, 0.5) is 0 Å². The van der Waals surface area contributed by atoms with Gasteiger partial charge in [0.15, 0.2) is 0 Å². The van der Waals surface area contributed by atoms with Crippen LogP contribution in [-0.4, -0.2) is 33.7 Å². The van der Waals surface area contributed by atoms with Gasteiger partial charge in [0.25, 0.3) is 0 Å². The molecule has 0 aromatic carbocycles. The van der Waals surface area contributed by atoms with Crippen LogP contribution in [0.15, 0.2) is 0 Å². The molecule has 0 aromatic rings. The molecule has 5 nitrogen and oxygen atoms in total. The van der Waals surface area contributed by atoms with Gasteiger partial charge >= 0.3 is 0 Å². The molecule has 1 unspecified atom stereocenters. The van der Waals surface area contributed by atoms with E-state index in [2.05, 4.69) is 23.9 Å². The monoisotopic (exact) mass is 278 g/mol. The van der Waals surface area contributed by atoms with Crippen LogP contribution >= 0.6 is 0 Å². The largest absolute Gasteiger partial charge is 0.356 e. The standard InChI is InChI=1S/C12H26N2O3S/c1-4-6-7-11(5-2)10-14-12(15)8-9-18(16,17)13-3/h11,13H,4-10H2,1-3H3,(H,14,15). The molecule has 0 rings (SSSR count). The number of carbonyl (C=O) groups excluding carboxylic acids is 1. The van der Waals surface area contributed by atoms with Crippen molar-refractivity contribution in [2.75, 3.05) is 19.3 Å². The molecule has 1 amide bonds. The molecular weight excluding hydrogens is 252 g/mol. The SMILES string of the molecule is CCCCC(CC)CNC(=O)CCS(=O)(=O)NC. The van der Waals surface area contributed by atoms with Crippen LogP contribution < -0.4 is 10.0 Å². The summed E-state index contributed by atoms with van der Waals surface area (Å²) in [6.45, 7) is 4.90. The van der Waals surface area contributed by atoms with Crippen LogP contribution in [0.2, 0.25) is 0 Å². The van der Waals surface area contributed by atoms with E-state index in [1.807, 2.05) is 0 Å². The van der Waals surface area contributed by atoms with Gasteiger partial charge in [0.05, 0.1) is 5.75 Å². The fourth-order valence-corrected chi connectivity index (χ4v) is 2.28. The normalized spacial score (nSPS) is 13.3. The summed E-state index contributed by atoms with van der Waals surface area (Å²) in [7, 11) is -1.93. The first-order valence-corrected chi connectivity index (χ1v) is 8.28. The zero-order chi connectivity index (χ0) is 14.0. The number of hydrogen-bond donors (Lipinski definition) is 2. The predicted octanol–water partition coefficient (Wildman–Crippen LogP) is 1.26. The van der Waals surface area contributed by atoms with Crippen molar-refractivity contribution in [2.45, 2.75) is 46.0 Å². The molecule has 0 aliphatic carbocycles. The van der Waals surface area contributed by atoms with Gasteiger partial charge in [-0.05, 0) is 19.4 Å². The fourth-order valence-electron chi connectivity index (χ4n) is 1.62. The van der Waals surface area contributed by atoms with Crippen LogP contribution in [-0.2, 0) is 14.8 Å². The fraction of sp³-hybridized carbons (Fsp3) is 0.917. The molecule has 0 spiro atoms. The third-order valence-corrected chi connectivity index (χ3v) is 4.40. The molecule has 0 aliphatic rings. The molecular formula is C12H26N2O3S. The molecule has 0 heterocycles. The Morgan fingerprint density at radius 2 is 1.94 bits per heavy atom. The molecule has 0 saturated heterocycles. The highest BCUT2D eigenvalue weighted by atomic mass is 32.2. The lowest BCUT2D eigenvalue weighted by molar-refractivity contribution is -0.120. The van der Waals surface area contributed by atoms with Crippen molar-refractivity contribution in [3.63, 3.8) is 0 Å². The highest BCUT2D eigenvalue weighted by Gasteiger charge is 2.12. The van der Waals surface area contributed by atoms with Gasteiger partial charge in [0.2, 0.25) is 15.9 Å². The van der Waals surface area contributed by atoms with E-state index in [0.717, 1.165) is 19.3 Å². The number of unbranched alkanes of at least 4 members (excludes halogenated alkanes) is 1. The van der Waals surface area contributed by atoms with Gasteiger partial charge in [-0.3, -0.25) is 4.79 Å². The Kier molecular flexibility index (Phi) is 9.01. The van der Waals surface area contributed by atoms with Crippen LogP contribution in [0.1, 0.15) is 46.0 Å². The molecule has 0 radical (unpaired) electrons. The lowest BCUT2D eigenvalue weighted by Crippen LogP contribution is -2.32. The molecule has 0 saturated carbocycles. The Hall–Kier alpha value is -0.620. The third kappa shape index (κ3) is 8.47. The first-order valence-electron chi connectivity index (χ1n) is 6.63. The van der Waals surface area contributed by atoms with Gasteiger partial charge in [0, 0.05) is 13.0 Å². The van der Waals surface area contributed by atoms with Gasteiger partial charge in [-0.25, -0.2) is 13.1 Å². The molecule has 18 heavy (non-hydrogen) atoms. The summed E-state index contributed by atoms with van der Waals surface area (Å²) in [5.74, 6) is 0.153. The van der Waals surface area contributed by atoms with Gasteiger partial charge in [-0.15, -0.1) is 0 Å². The Bertz CT molecular complexity index is 328. The summed E-state index contributed by atoms with van der Waals surface area (Å²) in [4.78, 5) is 11.5. The first-order chi connectivity index (χ1) is 8.45. The van der Waals surface area contributed by atoms with Crippen molar-refractivity contribution in [1.82, 2.24) is 10.0 Å². The highest BCUT2D eigenvalue weighted by Crippen LogP contribution is 2.11. The number of amides is 1. The van der Waals surface area contributed by atoms with E-state index in [4.69, 9.17) is 0 Å². The van der Waals surface area contributed by atoms with Crippen LogP contribution in [0.25, 0.3) is 0 Å². The molecule has 0 aromatic heterocycles. The average molecular weight is 278 g/mol. The van der Waals surface area contributed by atoms with E-state index in [0.29, 0.717) is 12.5 Å². The van der Waals surface area contributed by atoms with Crippen molar-refractivity contribution >= 4 is 15.9 Å². The molecule has 2 N–H and O–H groups in total. The van der Waals surface area contributed by atoms with Crippen molar-refractivity contribution in [3.8, 4) is 0 Å². The van der Waals surface area contributed by atoms with Crippen molar-refractivity contribution in [3.05, 3.63) is 0 Å². The number of sulfonamides is 1. The number of hydrogen-bond acceptors (Lipinski definition) is 3. The summed E-state index contributed by atoms with van der Waals surface area (Å²) in [6.07, 6.45) is 4.50. The van der Waals surface area contributed by atoms with Crippen LogP contribution in [0.5, 0.6) is 0 Å². The zero-order valence-corrected chi connectivity index (χ0v) is 12.5. The van der Waals surface area contributed by atoms with Gasteiger partial charge < -0.3 is 5.32 Å². The Morgan fingerprint density at radius 1 is 1.28 bits per heavy atom. The minimum Gasteiger partial charge on any atom is -0.356 e. The Morgan fingerprint density at radius 3 is 2.44 bits per heavy atom. The summed E-state index contributed by atoms with van der Waals surface area (Å²) in [5.41, 5.74) is 0. The van der Waals surface area contributed by atoms with Gasteiger partial charge in [0.1, 0.15) is 0 Å². The predicted molar refractivity (Wildman–Crippen MR) is 73.8 cm³/mol. The van der Waals surface area contributed by atoms with Crippen molar-refractivity contribution in [2.24, 2.45) is 5.92 Å². The minimum atomic E-state index is -3.28. The molecule has 108 valence electrons. The van der Waals surface area contributed by atoms with E-state index in [9.17, 15) is 13.2 Å². The third-order valence-electron chi connectivity index (χ3n) is 3.04. The van der Waals surface area contributed by atoms with E-state index < -0.39 is 10.0 Å². The quantitative estimate of drug-likeness (QED) is 0.631. The summed E-state index contributed by atoms with van der Waals surface area (Å²) in [5, 5.41) is 2.81. The van der Waals surface area contributed by atoms with E-state index in [1.165, 1.54) is 13.5 Å². The molecule has 0 bridgehead atoms. The molecule has 6 heteroatoms. The second kappa shape index (κ2) is 9.33. The average Bonchev–Trinajstić information content (AvgIpc) is 2.36. The highest BCUT2D eigenvalue weighted by molar-refractivity contribution is 7.89. The maximum Gasteiger partial charge on any atom is 0.221 e. The van der Waals surface area contributed by atoms with E-state index >= 15 is 0 Å². The molecule has 1 atom stereocenters. The topological polar surface area (TPSA) is 75.3 Å². The lowest BCUT2D eigenvalue weighted by atomic mass is 9.99. The van der Waals surface area contributed by atoms with Gasteiger partial charge in [-0.2, -0.15) is 0 Å². The van der Waals surface area contributed by atoms with Crippen LogP contribution in [0.3, 0.4) is 0 Å². The van der Waals surface area contributed by atoms with Crippen molar-refractivity contribution in [1.29, 1.82) is 0 Å². The Balaban J connectivity index is 3.88. The van der Waals surface area contributed by atoms with Crippen LogP contribution in [0, 0.1) is 5.92 Å². The maximum absolute atomic E-state index is 11.5. The Labute approximate surface area is 111 Å². The van der Waals surface area contributed by atoms with Crippen molar-refractivity contribution < 1.29 is 13.2 Å². The summed E-state index contributed by atoms with van der Waals surface area (Å²) < 4.78 is 24.5. The number of rotatable bonds is 10. The summed E-state index contributed by atoms with van der Waals surface area (Å²) >= 11 is 0. The molecule has 0 aliphatic heterocycles. The second-order valence-corrected chi connectivity index (χ2v) is 6.54. The lowest BCUT2D eigenvalue weighted by Gasteiger charge is -2.15. The zero-order valence-electron chi connectivity index (χ0n) is 11.7.